The second-order valence-corrected chi connectivity index (χ2v) is 5.03. The van der Waals surface area contributed by atoms with Crippen molar-refractivity contribution in [2.75, 3.05) is 0 Å². The molecular formula is C16H15N3O4. The molecule has 0 aliphatic heterocycles. The third kappa shape index (κ3) is 3.23. The van der Waals surface area contributed by atoms with E-state index in [2.05, 4.69) is 15.0 Å². The van der Waals surface area contributed by atoms with Crippen LogP contribution in [0.25, 0.3) is 11.4 Å². The summed E-state index contributed by atoms with van der Waals surface area (Å²) in [5.74, 6) is -0.0586. The zero-order valence-corrected chi connectivity index (χ0v) is 12.4. The molecule has 1 aromatic carbocycles. The Morgan fingerprint density at radius 3 is 2.74 bits per heavy atom. The standard InChI is InChI=1S/C16H15N3O4/c1-11(13-8-5-9-22-13)17-14(20)10-19-15(18-23-16(19)21)12-6-3-2-4-7-12/h2-9,11H,10H2,1H3,(H,17,20). The molecule has 0 saturated heterocycles. The molecule has 2 heterocycles. The molecule has 7 nitrogen and oxygen atoms in total. The molecule has 0 aliphatic rings. The van der Waals surface area contributed by atoms with Crippen LogP contribution in [0.15, 0.2) is 62.5 Å². The number of amides is 1. The number of benzene rings is 1. The summed E-state index contributed by atoms with van der Waals surface area (Å²) in [4.78, 5) is 24.0. The molecule has 0 radical (unpaired) electrons. The van der Waals surface area contributed by atoms with Gasteiger partial charge in [0.2, 0.25) is 5.91 Å². The number of furan rings is 1. The van der Waals surface area contributed by atoms with Crippen LogP contribution in [0.2, 0.25) is 0 Å². The van der Waals surface area contributed by atoms with Crippen LogP contribution in [-0.2, 0) is 11.3 Å². The zero-order chi connectivity index (χ0) is 16.2. The topological polar surface area (TPSA) is 90.3 Å². The Labute approximate surface area is 131 Å². The lowest BCUT2D eigenvalue weighted by Crippen LogP contribution is -2.32. The highest BCUT2D eigenvalue weighted by molar-refractivity contribution is 5.76. The molecule has 3 aromatic rings. The average Bonchev–Trinajstić information content (AvgIpc) is 3.19. The van der Waals surface area contributed by atoms with Gasteiger partial charge >= 0.3 is 5.76 Å². The van der Waals surface area contributed by atoms with Gasteiger partial charge in [-0.2, -0.15) is 0 Å². The fourth-order valence-electron chi connectivity index (χ4n) is 2.24. The van der Waals surface area contributed by atoms with Crippen LogP contribution in [0, 0.1) is 0 Å². The number of nitrogens with one attached hydrogen (secondary N) is 1. The minimum Gasteiger partial charge on any atom is -0.467 e. The Hall–Kier alpha value is -3.09. The maximum absolute atomic E-state index is 12.2. The summed E-state index contributed by atoms with van der Waals surface area (Å²) >= 11 is 0. The molecule has 2 aromatic heterocycles. The van der Waals surface area contributed by atoms with E-state index in [0.29, 0.717) is 17.1 Å². The normalized spacial score (nSPS) is 12.0. The molecule has 1 unspecified atom stereocenters. The minimum absolute atomic E-state index is 0.183. The summed E-state index contributed by atoms with van der Waals surface area (Å²) in [7, 11) is 0. The van der Waals surface area contributed by atoms with Gasteiger partial charge in [-0.3, -0.25) is 9.32 Å². The first kappa shape index (κ1) is 14.8. The Balaban J connectivity index is 1.77. The minimum atomic E-state index is -0.676. The van der Waals surface area contributed by atoms with Crippen molar-refractivity contribution >= 4 is 5.91 Å². The van der Waals surface area contributed by atoms with Crippen LogP contribution >= 0.6 is 0 Å². The van der Waals surface area contributed by atoms with Crippen LogP contribution in [-0.4, -0.2) is 15.6 Å². The Kier molecular flexibility index (Phi) is 4.09. The second-order valence-electron chi connectivity index (χ2n) is 5.03. The van der Waals surface area contributed by atoms with Crippen molar-refractivity contribution in [3.8, 4) is 11.4 Å². The van der Waals surface area contributed by atoms with E-state index < -0.39 is 5.76 Å². The summed E-state index contributed by atoms with van der Waals surface area (Å²) in [6.45, 7) is 1.61. The van der Waals surface area contributed by atoms with E-state index in [4.69, 9.17) is 4.42 Å². The van der Waals surface area contributed by atoms with Gasteiger partial charge in [0.25, 0.3) is 0 Å². The fourth-order valence-corrected chi connectivity index (χ4v) is 2.24. The molecule has 0 saturated carbocycles. The van der Waals surface area contributed by atoms with Crippen molar-refractivity contribution in [3.63, 3.8) is 0 Å². The number of aromatic nitrogens is 2. The molecule has 1 amide bonds. The quantitative estimate of drug-likeness (QED) is 0.777. The summed E-state index contributed by atoms with van der Waals surface area (Å²) in [6.07, 6.45) is 1.54. The summed E-state index contributed by atoms with van der Waals surface area (Å²) in [6, 6.07) is 12.3. The van der Waals surface area contributed by atoms with Gasteiger partial charge in [-0.1, -0.05) is 35.5 Å². The Bertz CT molecular complexity index is 834. The highest BCUT2D eigenvalue weighted by Crippen LogP contribution is 2.15. The van der Waals surface area contributed by atoms with Crippen LogP contribution in [0.1, 0.15) is 18.7 Å². The zero-order valence-electron chi connectivity index (χ0n) is 12.4. The molecule has 1 atom stereocenters. The summed E-state index contributed by atoms with van der Waals surface area (Å²) in [5, 5.41) is 6.51. The lowest BCUT2D eigenvalue weighted by atomic mass is 10.2. The number of carbonyl (C=O) groups excluding carboxylic acids is 1. The number of hydrogen-bond donors (Lipinski definition) is 1. The monoisotopic (exact) mass is 313 g/mol. The SMILES string of the molecule is CC(NC(=O)Cn1c(-c2ccccc2)noc1=O)c1ccco1. The largest absolute Gasteiger partial charge is 0.467 e. The molecule has 0 aliphatic carbocycles. The van der Waals surface area contributed by atoms with Crippen LogP contribution in [0.5, 0.6) is 0 Å². The van der Waals surface area contributed by atoms with Gasteiger partial charge in [-0.25, -0.2) is 9.36 Å². The summed E-state index contributed by atoms with van der Waals surface area (Å²) < 4.78 is 11.1. The first-order valence-corrected chi connectivity index (χ1v) is 7.10. The van der Waals surface area contributed by atoms with Gasteiger partial charge in [0.1, 0.15) is 12.3 Å². The van der Waals surface area contributed by atoms with Crippen molar-refractivity contribution in [3.05, 3.63) is 65.0 Å². The van der Waals surface area contributed by atoms with Crippen LogP contribution in [0.3, 0.4) is 0 Å². The van der Waals surface area contributed by atoms with Crippen LogP contribution in [0.4, 0.5) is 0 Å². The third-order valence-corrected chi connectivity index (χ3v) is 3.37. The number of carbonyl (C=O) groups is 1. The Morgan fingerprint density at radius 2 is 2.04 bits per heavy atom. The average molecular weight is 313 g/mol. The molecule has 118 valence electrons. The smallest absolute Gasteiger partial charge is 0.442 e. The molecule has 0 spiro atoms. The molecule has 0 fully saturated rings. The Morgan fingerprint density at radius 1 is 1.26 bits per heavy atom. The predicted molar refractivity (Wildman–Crippen MR) is 81.5 cm³/mol. The maximum Gasteiger partial charge on any atom is 0.442 e. The highest BCUT2D eigenvalue weighted by atomic mass is 16.5. The van der Waals surface area contributed by atoms with E-state index in [9.17, 15) is 9.59 Å². The maximum atomic E-state index is 12.2. The van der Waals surface area contributed by atoms with E-state index in [0.717, 1.165) is 0 Å². The first-order chi connectivity index (χ1) is 11.1. The van der Waals surface area contributed by atoms with E-state index in [-0.39, 0.29) is 18.5 Å². The number of rotatable bonds is 5. The number of hydrogen-bond acceptors (Lipinski definition) is 5. The third-order valence-electron chi connectivity index (χ3n) is 3.37. The first-order valence-electron chi connectivity index (χ1n) is 7.10. The van der Waals surface area contributed by atoms with Gasteiger partial charge in [-0.05, 0) is 19.1 Å². The van der Waals surface area contributed by atoms with Crippen molar-refractivity contribution in [1.29, 1.82) is 0 Å². The van der Waals surface area contributed by atoms with E-state index in [1.807, 2.05) is 18.2 Å². The van der Waals surface area contributed by atoms with Crippen LogP contribution < -0.4 is 11.1 Å². The predicted octanol–water partition coefficient (Wildman–Crippen LogP) is 1.97. The molecule has 7 heteroatoms. The lowest BCUT2D eigenvalue weighted by molar-refractivity contribution is -0.122. The lowest BCUT2D eigenvalue weighted by Gasteiger charge is -2.11. The second kappa shape index (κ2) is 6.35. The molecule has 3 rings (SSSR count). The van der Waals surface area contributed by atoms with Crippen molar-refractivity contribution in [1.82, 2.24) is 15.0 Å². The van der Waals surface area contributed by atoms with Gasteiger partial charge in [0.05, 0.1) is 12.3 Å². The fraction of sp³-hybridized carbons (Fsp3) is 0.188. The van der Waals surface area contributed by atoms with Gasteiger partial charge in [-0.15, -0.1) is 0 Å². The van der Waals surface area contributed by atoms with Crippen molar-refractivity contribution in [2.24, 2.45) is 0 Å². The van der Waals surface area contributed by atoms with E-state index >= 15 is 0 Å². The highest BCUT2D eigenvalue weighted by Gasteiger charge is 2.17. The summed E-state index contributed by atoms with van der Waals surface area (Å²) in [5.41, 5.74) is 0.699. The van der Waals surface area contributed by atoms with Gasteiger partial charge < -0.3 is 9.73 Å². The van der Waals surface area contributed by atoms with Crippen molar-refractivity contribution in [2.45, 2.75) is 19.5 Å². The molecule has 1 N–H and O–H groups in total. The van der Waals surface area contributed by atoms with Crippen molar-refractivity contribution < 1.29 is 13.7 Å². The van der Waals surface area contributed by atoms with E-state index in [1.54, 1.807) is 31.2 Å². The molecular weight excluding hydrogens is 298 g/mol. The molecule has 23 heavy (non-hydrogen) atoms. The van der Waals surface area contributed by atoms with E-state index in [1.165, 1.54) is 10.8 Å². The number of nitrogens with zero attached hydrogens (tertiary/aromatic N) is 2. The van der Waals surface area contributed by atoms with Gasteiger partial charge in [0, 0.05) is 5.56 Å². The van der Waals surface area contributed by atoms with Gasteiger partial charge in [0.15, 0.2) is 5.82 Å². The molecule has 0 bridgehead atoms.